The van der Waals surface area contributed by atoms with Crippen LogP contribution >= 0.6 is 0 Å². The van der Waals surface area contributed by atoms with Crippen molar-refractivity contribution in [1.29, 1.82) is 0 Å². The molecule has 0 aromatic heterocycles. The number of aliphatic hydroxyl groups excluding tert-OH is 5. The molecule has 1 aliphatic carbocycles. The summed E-state index contributed by atoms with van der Waals surface area (Å²) in [6.07, 6.45) is -10.6. The van der Waals surface area contributed by atoms with Gasteiger partial charge in [-0.25, -0.2) is 0 Å². The molecule has 0 aromatic carbocycles. The molecule has 0 spiro atoms. The molecule has 1 saturated carbocycles. The van der Waals surface area contributed by atoms with Crippen molar-refractivity contribution in [3.63, 3.8) is 0 Å². The number of carbonyl (C=O) groups excluding carboxylic acids is 1. The predicted octanol–water partition coefficient (Wildman–Crippen LogP) is -5.73. The smallest absolute Gasteiger partial charge is 0.249 e. The maximum Gasteiger partial charge on any atom is 0.249 e. The van der Waals surface area contributed by atoms with Gasteiger partial charge in [0, 0.05) is 12.6 Å². The molecule has 2 saturated heterocycles. The number of aliphatic hydroxyl groups is 5. The van der Waals surface area contributed by atoms with Crippen LogP contribution in [0.5, 0.6) is 0 Å². The van der Waals surface area contributed by atoms with E-state index in [1.807, 2.05) is 0 Å². The van der Waals surface area contributed by atoms with Gasteiger partial charge < -0.3 is 72.7 Å². The average molecular weight is 524 g/mol. The molecule has 2 aliphatic heterocycles. The number of hydrogen-bond acceptors (Lipinski definition) is 14. The lowest BCUT2D eigenvalue weighted by Gasteiger charge is -2.46. The molecule has 36 heavy (non-hydrogen) atoms. The van der Waals surface area contributed by atoms with Gasteiger partial charge in [-0.05, 0) is 32.2 Å². The minimum atomic E-state index is -1.54. The lowest BCUT2D eigenvalue weighted by Crippen LogP contribution is -2.67. The van der Waals surface area contributed by atoms with E-state index in [-0.39, 0.29) is 32.0 Å². The van der Waals surface area contributed by atoms with Crippen LogP contribution in [-0.2, 0) is 23.7 Å². The maximum absolute atomic E-state index is 12.4. The first kappa shape index (κ1) is 29.5. The fourth-order valence-electron chi connectivity index (χ4n) is 4.75. The van der Waals surface area contributed by atoms with Gasteiger partial charge in [0.05, 0.1) is 24.8 Å². The van der Waals surface area contributed by atoms with E-state index in [0.29, 0.717) is 12.8 Å². The molecule has 0 radical (unpaired) electrons. The minimum absolute atomic E-state index is 0.0220. The van der Waals surface area contributed by atoms with E-state index in [9.17, 15) is 30.3 Å². The zero-order valence-electron chi connectivity index (χ0n) is 20.0. The Bertz CT molecular complexity index is 710. The maximum atomic E-state index is 12.4. The average Bonchev–Trinajstić information content (AvgIpc) is 3.13. The molecule has 3 rings (SSSR count). The second kappa shape index (κ2) is 13.1. The monoisotopic (exact) mass is 523 g/mol. The third kappa shape index (κ3) is 6.68. The molecule has 3 fully saturated rings. The molecule has 0 aromatic rings. The van der Waals surface area contributed by atoms with Gasteiger partial charge >= 0.3 is 0 Å². The van der Waals surface area contributed by atoms with Crippen LogP contribution in [0, 0.1) is 0 Å². The molecule has 14 N–H and O–H groups in total. The fraction of sp³-hybridized carbons (Fsp3) is 0.952. The zero-order valence-corrected chi connectivity index (χ0v) is 20.0. The minimum Gasteiger partial charge on any atom is -0.394 e. The van der Waals surface area contributed by atoms with Crippen molar-refractivity contribution in [1.82, 2.24) is 5.32 Å². The third-order valence-electron chi connectivity index (χ3n) is 6.93. The highest BCUT2D eigenvalue weighted by Gasteiger charge is 2.51. The van der Waals surface area contributed by atoms with Crippen LogP contribution in [0.25, 0.3) is 0 Å². The van der Waals surface area contributed by atoms with Crippen LogP contribution in [0.15, 0.2) is 0 Å². The summed E-state index contributed by atoms with van der Waals surface area (Å²) in [7, 11) is 0. The van der Waals surface area contributed by atoms with Gasteiger partial charge in [0.1, 0.15) is 42.7 Å². The van der Waals surface area contributed by atoms with E-state index in [4.69, 9.17) is 41.9 Å². The van der Waals surface area contributed by atoms with Crippen molar-refractivity contribution in [2.45, 2.75) is 105 Å². The van der Waals surface area contributed by atoms with Gasteiger partial charge in [-0.1, -0.05) is 0 Å². The van der Waals surface area contributed by atoms with Gasteiger partial charge in [-0.2, -0.15) is 0 Å². The van der Waals surface area contributed by atoms with Crippen LogP contribution in [0.2, 0.25) is 0 Å². The highest BCUT2D eigenvalue weighted by molar-refractivity contribution is 5.80. The Balaban J connectivity index is 1.80. The van der Waals surface area contributed by atoms with Crippen LogP contribution in [0.4, 0.5) is 0 Å². The highest BCUT2D eigenvalue weighted by atomic mass is 16.7. The zero-order chi connectivity index (χ0) is 26.6. The summed E-state index contributed by atoms with van der Waals surface area (Å²) in [6.45, 7) is -0.235. The number of amides is 1. The summed E-state index contributed by atoms with van der Waals surface area (Å²) in [4.78, 5) is 12.4. The van der Waals surface area contributed by atoms with Gasteiger partial charge in [-0.15, -0.1) is 0 Å². The molecule has 15 nitrogen and oxygen atoms in total. The number of rotatable bonds is 10. The first-order valence-corrected chi connectivity index (χ1v) is 12.3. The van der Waals surface area contributed by atoms with Crippen molar-refractivity contribution >= 4 is 5.91 Å². The van der Waals surface area contributed by atoms with Crippen molar-refractivity contribution in [3.8, 4) is 0 Å². The number of ether oxygens (including phenoxy) is 4. The SMILES string of the molecule is NCCC(O)C(=O)NC1CC(N)C(OC2OC(CN)CCC2N)C(OC2OC(CO)C(O)C2O)C1O. The number of hydrogen-bond donors (Lipinski definition) is 10. The Hall–Kier alpha value is -1.05. The third-order valence-corrected chi connectivity index (χ3v) is 6.93. The quantitative estimate of drug-likeness (QED) is 0.128. The first-order chi connectivity index (χ1) is 17.1. The lowest BCUT2D eigenvalue weighted by atomic mass is 9.83. The Morgan fingerprint density at radius 1 is 0.972 bits per heavy atom. The second-order valence-corrected chi connectivity index (χ2v) is 9.61. The summed E-state index contributed by atoms with van der Waals surface area (Å²) in [5, 5.41) is 53.5. The molecule has 2 heterocycles. The number of nitrogens with one attached hydrogen (secondary N) is 1. The Morgan fingerprint density at radius 2 is 1.67 bits per heavy atom. The van der Waals surface area contributed by atoms with E-state index in [1.54, 1.807) is 0 Å². The van der Waals surface area contributed by atoms with Crippen molar-refractivity contribution in [2.75, 3.05) is 19.7 Å². The molecule has 1 amide bonds. The standard InChI is InChI=1S/C21H41N5O10/c22-4-3-12(28)19(32)26-11-5-10(25)17(35-20-9(24)2-1-8(6-23)33-20)18(14(11)29)36-21-16(31)15(30)13(7-27)34-21/h8-18,20-21,27-31H,1-7,22-25H2,(H,26,32). The summed E-state index contributed by atoms with van der Waals surface area (Å²) >= 11 is 0. The molecule has 0 bridgehead atoms. The molecular formula is C21H41N5O10. The van der Waals surface area contributed by atoms with Gasteiger partial charge in [-0.3, -0.25) is 4.79 Å². The van der Waals surface area contributed by atoms with E-state index in [1.165, 1.54) is 0 Å². The second-order valence-electron chi connectivity index (χ2n) is 9.61. The topological polar surface area (TPSA) is 271 Å². The van der Waals surface area contributed by atoms with Gasteiger partial charge in [0.25, 0.3) is 0 Å². The van der Waals surface area contributed by atoms with E-state index in [2.05, 4.69) is 5.32 Å². The Labute approximate surface area is 209 Å². The van der Waals surface area contributed by atoms with E-state index in [0.717, 1.165) is 0 Å². The first-order valence-electron chi connectivity index (χ1n) is 12.3. The highest BCUT2D eigenvalue weighted by Crippen LogP contribution is 2.32. The largest absolute Gasteiger partial charge is 0.394 e. The summed E-state index contributed by atoms with van der Waals surface area (Å²) in [5.41, 5.74) is 23.7. The van der Waals surface area contributed by atoms with E-state index < -0.39 is 85.9 Å². The fourth-order valence-corrected chi connectivity index (χ4v) is 4.75. The van der Waals surface area contributed by atoms with Crippen LogP contribution in [0.1, 0.15) is 25.7 Å². The van der Waals surface area contributed by atoms with Crippen LogP contribution in [0.3, 0.4) is 0 Å². The molecular weight excluding hydrogens is 482 g/mol. The molecule has 15 heteroatoms. The van der Waals surface area contributed by atoms with Crippen molar-refractivity contribution in [2.24, 2.45) is 22.9 Å². The summed E-state index contributed by atoms with van der Waals surface area (Å²) in [6, 6.07) is -2.28. The lowest BCUT2D eigenvalue weighted by molar-refractivity contribution is -0.288. The molecule has 13 atom stereocenters. The van der Waals surface area contributed by atoms with E-state index >= 15 is 0 Å². The normalized spacial score (nSPS) is 44.4. The predicted molar refractivity (Wildman–Crippen MR) is 123 cm³/mol. The van der Waals surface area contributed by atoms with Gasteiger partial charge in [0.15, 0.2) is 12.6 Å². The summed E-state index contributed by atoms with van der Waals surface area (Å²) in [5.74, 6) is -0.744. The number of carbonyl (C=O) groups is 1. The molecule has 210 valence electrons. The molecule has 3 aliphatic rings. The van der Waals surface area contributed by atoms with Crippen molar-refractivity contribution in [3.05, 3.63) is 0 Å². The Morgan fingerprint density at radius 3 is 2.28 bits per heavy atom. The van der Waals surface area contributed by atoms with Crippen LogP contribution in [-0.4, -0.2) is 131 Å². The van der Waals surface area contributed by atoms with Crippen molar-refractivity contribution < 1.29 is 49.3 Å². The summed E-state index contributed by atoms with van der Waals surface area (Å²) < 4.78 is 23.2. The Kier molecular flexibility index (Phi) is 10.8. The number of nitrogens with two attached hydrogens (primary N) is 4. The van der Waals surface area contributed by atoms with Gasteiger partial charge in [0.2, 0.25) is 5.91 Å². The van der Waals surface area contributed by atoms with Crippen LogP contribution < -0.4 is 28.3 Å². The molecule has 13 unspecified atom stereocenters.